The van der Waals surface area contributed by atoms with Crippen LogP contribution in [0, 0.1) is 6.92 Å². The van der Waals surface area contributed by atoms with Crippen LogP contribution in [0.15, 0.2) is 42.6 Å². The van der Waals surface area contributed by atoms with Gasteiger partial charge in [0.1, 0.15) is 0 Å². The fraction of sp³-hybridized carbons (Fsp3) is 0.389. The van der Waals surface area contributed by atoms with Crippen molar-refractivity contribution in [1.29, 1.82) is 0 Å². The molecule has 0 saturated heterocycles. The summed E-state index contributed by atoms with van der Waals surface area (Å²) < 4.78 is 0. The van der Waals surface area contributed by atoms with E-state index in [-0.39, 0.29) is 11.9 Å². The molecule has 2 aromatic heterocycles. The summed E-state index contributed by atoms with van der Waals surface area (Å²) in [5.41, 5.74) is 2.95. The molecule has 0 spiro atoms. The molecule has 0 unspecified atom stereocenters. The fourth-order valence-electron chi connectivity index (χ4n) is 2.47. The Hall–Kier alpha value is -2.27. The molecule has 5 nitrogen and oxygen atoms in total. The van der Waals surface area contributed by atoms with E-state index in [1.165, 1.54) is 0 Å². The van der Waals surface area contributed by atoms with Crippen LogP contribution in [0.5, 0.6) is 0 Å². The number of likely N-dealkylation sites (N-methyl/N-ethyl adjacent to an activating group) is 1. The van der Waals surface area contributed by atoms with Gasteiger partial charge in [-0.1, -0.05) is 12.1 Å². The van der Waals surface area contributed by atoms with E-state index in [1.54, 1.807) is 6.20 Å². The first-order valence-electron chi connectivity index (χ1n) is 7.83. The number of aromatic nitrogens is 2. The zero-order valence-corrected chi connectivity index (χ0v) is 14.0. The molecule has 0 fully saturated rings. The van der Waals surface area contributed by atoms with Crippen LogP contribution in [-0.2, 0) is 17.8 Å². The topological polar surface area (TPSA) is 58.1 Å². The Kier molecular flexibility index (Phi) is 6.23. The average Bonchev–Trinajstić information content (AvgIpc) is 2.47. The van der Waals surface area contributed by atoms with Crippen LogP contribution in [0.25, 0.3) is 0 Å². The number of rotatable bonds is 7. The molecule has 5 heteroatoms. The van der Waals surface area contributed by atoms with E-state index < -0.39 is 0 Å². The molecule has 1 atom stereocenters. The highest BCUT2D eigenvalue weighted by atomic mass is 16.2. The fourth-order valence-corrected chi connectivity index (χ4v) is 2.47. The van der Waals surface area contributed by atoms with Gasteiger partial charge in [-0.3, -0.25) is 19.7 Å². The van der Waals surface area contributed by atoms with Gasteiger partial charge in [0.25, 0.3) is 0 Å². The van der Waals surface area contributed by atoms with Crippen LogP contribution in [0.4, 0.5) is 0 Å². The van der Waals surface area contributed by atoms with Crippen molar-refractivity contribution in [3.63, 3.8) is 0 Å². The third kappa shape index (κ3) is 6.16. The van der Waals surface area contributed by atoms with E-state index in [0.717, 1.165) is 23.5 Å². The van der Waals surface area contributed by atoms with Crippen LogP contribution >= 0.6 is 0 Å². The molecule has 0 bridgehead atoms. The van der Waals surface area contributed by atoms with Crippen molar-refractivity contribution in [1.82, 2.24) is 20.2 Å². The number of pyridine rings is 2. The zero-order valence-electron chi connectivity index (χ0n) is 14.0. The van der Waals surface area contributed by atoms with Crippen molar-refractivity contribution in [3.05, 3.63) is 59.7 Å². The van der Waals surface area contributed by atoms with Crippen molar-refractivity contribution < 1.29 is 4.79 Å². The summed E-state index contributed by atoms with van der Waals surface area (Å²) in [7, 11) is 1.92. The molecule has 2 aromatic rings. The molecule has 0 aromatic carbocycles. The highest BCUT2D eigenvalue weighted by molar-refractivity contribution is 5.78. The Bertz CT molecular complexity index is 630. The molecule has 23 heavy (non-hydrogen) atoms. The van der Waals surface area contributed by atoms with Gasteiger partial charge in [-0.15, -0.1) is 0 Å². The van der Waals surface area contributed by atoms with Gasteiger partial charge in [-0.2, -0.15) is 0 Å². The van der Waals surface area contributed by atoms with Crippen molar-refractivity contribution in [3.8, 4) is 0 Å². The first-order valence-corrected chi connectivity index (χ1v) is 7.83. The molecule has 2 rings (SSSR count). The largest absolute Gasteiger partial charge is 0.352 e. The van der Waals surface area contributed by atoms with Crippen LogP contribution in [0.3, 0.4) is 0 Å². The van der Waals surface area contributed by atoms with Crippen LogP contribution in [0.1, 0.15) is 24.0 Å². The highest BCUT2D eigenvalue weighted by Crippen LogP contribution is 2.02. The second kappa shape index (κ2) is 8.39. The maximum Gasteiger partial charge on any atom is 0.234 e. The highest BCUT2D eigenvalue weighted by Gasteiger charge is 2.11. The van der Waals surface area contributed by atoms with Crippen molar-refractivity contribution in [2.75, 3.05) is 13.6 Å². The summed E-state index contributed by atoms with van der Waals surface area (Å²) in [6, 6.07) is 11.8. The summed E-state index contributed by atoms with van der Waals surface area (Å²) in [4.78, 5) is 22.8. The van der Waals surface area contributed by atoms with Crippen LogP contribution in [-0.4, -0.2) is 40.4 Å². The van der Waals surface area contributed by atoms with E-state index in [4.69, 9.17) is 0 Å². The quantitative estimate of drug-likeness (QED) is 0.849. The Morgan fingerprint density at radius 1 is 1.22 bits per heavy atom. The first-order chi connectivity index (χ1) is 11.0. The van der Waals surface area contributed by atoms with E-state index in [2.05, 4.69) is 15.3 Å². The summed E-state index contributed by atoms with van der Waals surface area (Å²) in [5.74, 6) is 0.0172. The molecule has 0 aliphatic heterocycles. The second-order valence-electron chi connectivity index (χ2n) is 5.94. The average molecular weight is 312 g/mol. The van der Waals surface area contributed by atoms with Gasteiger partial charge in [0, 0.05) is 36.6 Å². The van der Waals surface area contributed by atoms with Crippen LogP contribution in [0.2, 0.25) is 0 Å². The standard InChI is InChI=1S/C18H24N4O/c1-14-7-6-9-16(20-14)11-15(2)21-18(23)13-22(3)12-17-8-4-5-10-19-17/h4-10,15H,11-13H2,1-3H3,(H,21,23)/t15-/m0/s1. The van der Waals surface area contributed by atoms with Gasteiger partial charge in [0.15, 0.2) is 0 Å². The second-order valence-corrected chi connectivity index (χ2v) is 5.94. The number of amides is 1. The third-order valence-electron chi connectivity index (χ3n) is 3.44. The molecular formula is C18H24N4O. The van der Waals surface area contributed by atoms with E-state index in [9.17, 15) is 4.79 Å². The molecule has 0 radical (unpaired) electrons. The smallest absolute Gasteiger partial charge is 0.234 e. The van der Waals surface area contributed by atoms with Gasteiger partial charge < -0.3 is 5.32 Å². The minimum atomic E-state index is 0.0172. The lowest BCUT2D eigenvalue weighted by atomic mass is 10.1. The Balaban J connectivity index is 1.77. The van der Waals surface area contributed by atoms with Gasteiger partial charge in [-0.25, -0.2) is 0 Å². The Labute approximate surface area is 137 Å². The third-order valence-corrected chi connectivity index (χ3v) is 3.44. The lowest BCUT2D eigenvalue weighted by Gasteiger charge is -2.18. The summed E-state index contributed by atoms with van der Waals surface area (Å²) in [5, 5.41) is 3.02. The van der Waals surface area contributed by atoms with Gasteiger partial charge >= 0.3 is 0 Å². The number of hydrogen-bond donors (Lipinski definition) is 1. The number of nitrogens with zero attached hydrogens (tertiary/aromatic N) is 3. The predicted molar refractivity (Wildman–Crippen MR) is 90.9 cm³/mol. The van der Waals surface area contributed by atoms with E-state index in [0.29, 0.717) is 13.1 Å². The summed E-state index contributed by atoms with van der Waals surface area (Å²) in [6.07, 6.45) is 2.50. The number of hydrogen-bond acceptors (Lipinski definition) is 4. The van der Waals surface area contributed by atoms with Crippen molar-refractivity contribution >= 4 is 5.91 Å². The minimum Gasteiger partial charge on any atom is -0.352 e. The lowest BCUT2D eigenvalue weighted by Crippen LogP contribution is -2.40. The molecule has 0 aliphatic carbocycles. The maximum atomic E-state index is 12.1. The minimum absolute atomic E-state index is 0.0172. The SMILES string of the molecule is Cc1cccc(C[C@H](C)NC(=O)CN(C)Cc2ccccn2)n1. The first kappa shape index (κ1) is 17.1. The molecule has 2 heterocycles. The number of nitrogens with one attached hydrogen (secondary N) is 1. The number of aryl methyl sites for hydroxylation is 1. The normalized spacial score (nSPS) is 12.2. The van der Waals surface area contributed by atoms with Crippen molar-refractivity contribution in [2.24, 2.45) is 0 Å². The van der Waals surface area contributed by atoms with Gasteiger partial charge in [0.05, 0.1) is 12.2 Å². The summed E-state index contributed by atoms with van der Waals surface area (Å²) in [6.45, 7) is 4.98. The molecular weight excluding hydrogens is 288 g/mol. The molecule has 1 N–H and O–H groups in total. The lowest BCUT2D eigenvalue weighted by molar-refractivity contribution is -0.122. The van der Waals surface area contributed by atoms with E-state index >= 15 is 0 Å². The number of carbonyl (C=O) groups is 1. The Morgan fingerprint density at radius 2 is 2.00 bits per heavy atom. The van der Waals surface area contributed by atoms with E-state index in [1.807, 2.05) is 62.2 Å². The molecule has 1 amide bonds. The van der Waals surface area contributed by atoms with Gasteiger partial charge in [-0.05, 0) is 45.2 Å². The molecule has 0 saturated carbocycles. The predicted octanol–water partition coefficient (Wildman–Crippen LogP) is 1.96. The summed E-state index contributed by atoms with van der Waals surface area (Å²) >= 11 is 0. The Morgan fingerprint density at radius 3 is 2.70 bits per heavy atom. The van der Waals surface area contributed by atoms with Crippen LogP contribution < -0.4 is 5.32 Å². The molecule has 0 aliphatic rings. The zero-order chi connectivity index (χ0) is 16.7. The monoisotopic (exact) mass is 312 g/mol. The van der Waals surface area contributed by atoms with Crippen molar-refractivity contribution in [2.45, 2.75) is 32.9 Å². The number of carbonyl (C=O) groups excluding carboxylic acids is 1. The van der Waals surface area contributed by atoms with Gasteiger partial charge in [0.2, 0.25) is 5.91 Å². The molecule has 122 valence electrons. The maximum absolute atomic E-state index is 12.1.